The minimum Gasteiger partial charge on any atom is -0.309 e. The second-order valence-electron chi connectivity index (χ2n) is 6.06. The zero-order valence-corrected chi connectivity index (χ0v) is 13.7. The molecule has 0 saturated heterocycles. The summed E-state index contributed by atoms with van der Waals surface area (Å²) in [4.78, 5) is 6.08. The average molecular weight is 278 g/mol. The molecule has 1 heterocycles. The van der Waals surface area contributed by atoms with Gasteiger partial charge >= 0.3 is 0 Å². The summed E-state index contributed by atoms with van der Waals surface area (Å²) < 4.78 is 0. The van der Waals surface area contributed by atoms with Crippen LogP contribution in [-0.4, -0.2) is 11.5 Å². The van der Waals surface area contributed by atoms with Crippen molar-refractivity contribution in [3.05, 3.63) is 15.6 Å². The molecule has 106 valence electrons. The molecule has 3 heteroatoms. The van der Waals surface area contributed by atoms with Gasteiger partial charge in [-0.25, -0.2) is 4.98 Å². The Bertz CT molecular complexity index is 435. The number of aryl methyl sites for hydroxylation is 1. The maximum absolute atomic E-state index is 5.25. The number of nitrogens with one attached hydrogen (secondary N) is 1. The SMILES string of the molecule is C#CCCCCNC(C)c1sc(C(C)(C)C)nc1C. The largest absolute Gasteiger partial charge is 0.309 e. The first-order chi connectivity index (χ1) is 8.86. The molecule has 0 amide bonds. The van der Waals surface area contributed by atoms with Gasteiger partial charge in [0, 0.05) is 22.8 Å². The lowest BCUT2D eigenvalue weighted by molar-refractivity contribution is 0.553. The highest BCUT2D eigenvalue weighted by Gasteiger charge is 2.22. The van der Waals surface area contributed by atoms with Gasteiger partial charge in [0.25, 0.3) is 0 Å². The van der Waals surface area contributed by atoms with Crippen LogP contribution in [0.5, 0.6) is 0 Å². The Morgan fingerprint density at radius 2 is 2.05 bits per heavy atom. The number of nitrogens with zero attached hydrogens (tertiary/aromatic N) is 1. The summed E-state index contributed by atoms with van der Waals surface area (Å²) in [5.74, 6) is 2.68. The van der Waals surface area contributed by atoms with Gasteiger partial charge in [-0.3, -0.25) is 0 Å². The molecule has 0 aliphatic carbocycles. The lowest BCUT2D eigenvalue weighted by Crippen LogP contribution is -2.19. The van der Waals surface area contributed by atoms with E-state index in [0.717, 1.165) is 25.8 Å². The Balaban J connectivity index is 2.55. The summed E-state index contributed by atoms with van der Waals surface area (Å²) in [5, 5.41) is 4.79. The van der Waals surface area contributed by atoms with E-state index in [0.29, 0.717) is 6.04 Å². The number of unbranched alkanes of at least 4 members (excludes halogenated alkanes) is 2. The van der Waals surface area contributed by atoms with Gasteiger partial charge < -0.3 is 5.32 Å². The summed E-state index contributed by atoms with van der Waals surface area (Å²) in [6.45, 7) is 12.0. The third kappa shape index (κ3) is 4.97. The topological polar surface area (TPSA) is 24.9 Å². The fourth-order valence-electron chi connectivity index (χ4n) is 1.89. The number of hydrogen-bond donors (Lipinski definition) is 1. The average Bonchev–Trinajstić information content (AvgIpc) is 2.70. The maximum atomic E-state index is 5.25. The highest BCUT2D eigenvalue weighted by Crippen LogP contribution is 2.32. The van der Waals surface area contributed by atoms with Crippen LogP contribution < -0.4 is 5.32 Å². The Hall–Kier alpha value is -0.850. The Kier molecular flexibility index (Phi) is 6.03. The van der Waals surface area contributed by atoms with Gasteiger partial charge in [0.05, 0.1) is 10.7 Å². The van der Waals surface area contributed by atoms with Crippen molar-refractivity contribution in [1.82, 2.24) is 10.3 Å². The van der Waals surface area contributed by atoms with Crippen molar-refractivity contribution in [2.24, 2.45) is 0 Å². The van der Waals surface area contributed by atoms with Crippen molar-refractivity contribution in [2.45, 2.75) is 65.3 Å². The standard InChI is InChI=1S/C16H26N2S/c1-7-8-9-10-11-17-12(2)14-13(3)18-15(19-14)16(4,5)6/h1,12,17H,8-11H2,2-6H3. The number of thiazole rings is 1. The van der Waals surface area contributed by atoms with Crippen molar-refractivity contribution in [1.29, 1.82) is 0 Å². The second kappa shape index (κ2) is 7.07. The molecule has 1 unspecified atom stereocenters. The minimum atomic E-state index is 0.139. The van der Waals surface area contributed by atoms with E-state index in [4.69, 9.17) is 11.4 Å². The molecule has 0 aliphatic rings. The quantitative estimate of drug-likeness (QED) is 0.623. The van der Waals surface area contributed by atoms with Gasteiger partial charge in [-0.1, -0.05) is 20.8 Å². The van der Waals surface area contributed by atoms with Crippen LogP contribution in [0.1, 0.15) is 68.6 Å². The van der Waals surface area contributed by atoms with Crippen LogP contribution in [0, 0.1) is 19.3 Å². The lowest BCUT2D eigenvalue weighted by atomic mass is 9.98. The smallest absolute Gasteiger partial charge is 0.0985 e. The predicted octanol–water partition coefficient (Wildman–Crippen LogP) is 4.20. The Labute approximate surface area is 122 Å². The molecule has 0 bridgehead atoms. The van der Waals surface area contributed by atoms with E-state index >= 15 is 0 Å². The van der Waals surface area contributed by atoms with Crippen LogP contribution in [-0.2, 0) is 5.41 Å². The lowest BCUT2D eigenvalue weighted by Gasteiger charge is -2.14. The van der Waals surface area contributed by atoms with E-state index in [1.807, 2.05) is 11.3 Å². The highest BCUT2D eigenvalue weighted by molar-refractivity contribution is 7.12. The van der Waals surface area contributed by atoms with Crippen molar-refractivity contribution < 1.29 is 0 Å². The van der Waals surface area contributed by atoms with Crippen LogP contribution in [0.3, 0.4) is 0 Å². The molecule has 1 atom stereocenters. The van der Waals surface area contributed by atoms with Gasteiger partial charge in [0.1, 0.15) is 0 Å². The second-order valence-corrected chi connectivity index (χ2v) is 7.09. The van der Waals surface area contributed by atoms with E-state index in [2.05, 4.69) is 45.9 Å². The minimum absolute atomic E-state index is 0.139. The molecule has 0 radical (unpaired) electrons. The molecule has 1 aromatic rings. The number of terminal acetylenes is 1. The van der Waals surface area contributed by atoms with Gasteiger partial charge in [-0.05, 0) is 33.2 Å². The third-order valence-electron chi connectivity index (χ3n) is 3.07. The van der Waals surface area contributed by atoms with Crippen LogP contribution in [0.2, 0.25) is 0 Å². The first kappa shape index (κ1) is 16.2. The first-order valence-corrected chi connectivity index (χ1v) is 7.82. The number of rotatable bonds is 6. The molecule has 2 nitrogen and oxygen atoms in total. The number of hydrogen-bond acceptors (Lipinski definition) is 3. The molecular formula is C16H26N2S. The summed E-state index contributed by atoms with van der Waals surface area (Å²) in [6, 6.07) is 0.374. The van der Waals surface area contributed by atoms with Gasteiger partial charge in [0.2, 0.25) is 0 Å². The van der Waals surface area contributed by atoms with Crippen molar-refractivity contribution in [3.8, 4) is 12.3 Å². The van der Waals surface area contributed by atoms with Crippen LogP contribution in [0.25, 0.3) is 0 Å². The van der Waals surface area contributed by atoms with Gasteiger partial charge in [-0.2, -0.15) is 0 Å². The van der Waals surface area contributed by atoms with Crippen LogP contribution in [0.4, 0.5) is 0 Å². The molecule has 0 aromatic carbocycles. The zero-order valence-electron chi connectivity index (χ0n) is 12.8. The molecule has 0 spiro atoms. The molecular weight excluding hydrogens is 252 g/mol. The van der Waals surface area contributed by atoms with E-state index in [1.54, 1.807) is 0 Å². The molecule has 1 aromatic heterocycles. The molecule has 19 heavy (non-hydrogen) atoms. The Morgan fingerprint density at radius 1 is 1.37 bits per heavy atom. The van der Waals surface area contributed by atoms with E-state index in [1.165, 1.54) is 15.6 Å². The van der Waals surface area contributed by atoms with Crippen molar-refractivity contribution >= 4 is 11.3 Å². The molecule has 0 aliphatic heterocycles. The van der Waals surface area contributed by atoms with Crippen LogP contribution in [0.15, 0.2) is 0 Å². The van der Waals surface area contributed by atoms with Gasteiger partial charge in [0.15, 0.2) is 0 Å². The third-order valence-corrected chi connectivity index (χ3v) is 4.83. The zero-order chi connectivity index (χ0) is 14.5. The summed E-state index contributed by atoms with van der Waals surface area (Å²) >= 11 is 1.84. The van der Waals surface area contributed by atoms with Crippen molar-refractivity contribution in [3.63, 3.8) is 0 Å². The van der Waals surface area contributed by atoms with E-state index in [9.17, 15) is 0 Å². The summed E-state index contributed by atoms with van der Waals surface area (Å²) in [5.41, 5.74) is 1.30. The van der Waals surface area contributed by atoms with E-state index in [-0.39, 0.29) is 5.41 Å². The fraction of sp³-hybridized carbons (Fsp3) is 0.688. The predicted molar refractivity (Wildman–Crippen MR) is 84.7 cm³/mol. The molecule has 0 fully saturated rings. The highest BCUT2D eigenvalue weighted by atomic mass is 32.1. The number of aromatic nitrogens is 1. The normalized spacial score (nSPS) is 13.3. The van der Waals surface area contributed by atoms with Crippen LogP contribution >= 0.6 is 11.3 Å². The monoisotopic (exact) mass is 278 g/mol. The van der Waals surface area contributed by atoms with Crippen molar-refractivity contribution in [2.75, 3.05) is 6.54 Å². The molecule has 0 saturated carbocycles. The summed E-state index contributed by atoms with van der Waals surface area (Å²) in [7, 11) is 0. The first-order valence-electron chi connectivity index (χ1n) is 7.01. The summed E-state index contributed by atoms with van der Waals surface area (Å²) in [6.07, 6.45) is 8.37. The Morgan fingerprint density at radius 3 is 2.58 bits per heavy atom. The maximum Gasteiger partial charge on any atom is 0.0985 e. The molecule has 1 N–H and O–H groups in total. The molecule has 1 rings (SSSR count). The van der Waals surface area contributed by atoms with Gasteiger partial charge in [-0.15, -0.1) is 23.7 Å². The van der Waals surface area contributed by atoms with E-state index < -0.39 is 0 Å². The fourth-order valence-corrected chi connectivity index (χ4v) is 3.04.